The van der Waals surface area contributed by atoms with E-state index >= 15 is 0 Å². The standard InChI is InChI=1S/C18H22N4O4/c1-11-9-12(2)21-16(20-11)7-8-19-18(24)22-14-10-13(17(23)26-4)5-6-15(14)25-3/h5-6,9-10H,7-8H2,1-4H3,(H2,19,22,24). The lowest BCUT2D eigenvalue weighted by Crippen LogP contribution is -2.31. The Morgan fingerprint density at radius 1 is 1.08 bits per heavy atom. The van der Waals surface area contributed by atoms with E-state index in [-0.39, 0.29) is 0 Å². The Kier molecular flexibility index (Phi) is 6.48. The molecule has 2 rings (SSSR count). The van der Waals surface area contributed by atoms with Gasteiger partial charge in [0.05, 0.1) is 25.5 Å². The summed E-state index contributed by atoms with van der Waals surface area (Å²) in [5.41, 5.74) is 2.46. The lowest BCUT2D eigenvalue weighted by Gasteiger charge is -2.12. The van der Waals surface area contributed by atoms with Crippen molar-refractivity contribution in [1.82, 2.24) is 15.3 Å². The molecule has 0 aliphatic carbocycles. The molecule has 0 saturated heterocycles. The topological polar surface area (TPSA) is 102 Å². The first kappa shape index (κ1) is 19.2. The van der Waals surface area contributed by atoms with E-state index in [1.54, 1.807) is 12.1 Å². The van der Waals surface area contributed by atoms with Crippen LogP contribution in [0.15, 0.2) is 24.3 Å². The molecular weight excluding hydrogens is 336 g/mol. The van der Waals surface area contributed by atoms with Crippen LogP contribution in [0.3, 0.4) is 0 Å². The number of carbonyl (C=O) groups excluding carboxylic acids is 2. The molecule has 26 heavy (non-hydrogen) atoms. The second kappa shape index (κ2) is 8.80. The van der Waals surface area contributed by atoms with Crippen molar-refractivity contribution in [2.24, 2.45) is 0 Å². The Hall–Kier alpha value is -3.16. The molecule has 0 radical (unpaired) electrons. The maximum atomic E-state index is 12.1. The van der Waals surface area contributed by atoms with Gasteiger partial charge in [0.1, 0.15) is 11.6 Å². The van der Waals surface area contributed by atoms with Crippen molar-refractivity contribution in [3.05, 3.63) is 47.0 Å². The third-order valence-corrected chi connectivity index (χ3v) is 3.53. The number of nitrogens with one attached hydrogen (secondary N) is 2. The number of ether oxygens (including phenoxy) is 2. The van der Waals surface area contributed by atoms with Crippen LogP contribution >= 0.6 is 0 Å². The van der Waals surface area contributed by atoms with Crippen LogP contribution in [-0.2, 0) is 11.2 Å². The zero-order valence-electron chi connectivity index (χ0n) is 15.3. The second-order valence-electron chi connectivity index (χ2n) is 5.60. The molecule has 1 heterocycles. The molecule has 8 heteroatoms. The molecule has 2 aromatic rings. The van der Waals surface area contributed by atoms with E-state index in [0.29, 0.717) is 35.8 Å². The summed E-state index contributed by atoms with van der Waals surface area (Å²) < 4.78 is 9.88. The minimum absolute atomic E-state index is 0.312. The molecule has 0 aliphatic rings. The van der Waals surface area contributed by atoms with Gasteiger partial charge in [0, 0.05) is 24.4 Å². The summed E-state index contributed by atoms with van der Waals surface area (Å²) in [6, 6.07) is 6.12. The van der Waals surface area contributed by atoms with E-state index in [1.165, 1.54) is 20.3 Å². The van der Waals surface area contributed by atoms with Gasteiger partial charge in [0.15, 0.2) is 0 Å². The molecule has 0 unspecified atom stereocenters. The Balaban J connectivity index is 1.97. The minimum atomic E-state index is -0.497. The first-order chi connectivity index (χ1) is 12.4. The number of methoxy groups -OCH3 is 2. The van der Waals surface area contributed by atoms with E-state index in [4.69, 9.17) is 4.74 Å². The summed E-state index contributed by atoms with van der Waals surface area (Å²) in [5, 5.41) is 5.40. The van der Waals surface area contributed by atoms with Crippen LogP contribution in [-0.4, -0.2) is 42.7 Å². The minimum Gasteiger partial charge on any atom is -0.495 e. The highest BCUT2D eigenvalue weighted by Gasteiger charge is 2.12. The highest BCUT2D eigenvalue weighted by Crippen LogP contribution is 2.25. The van der Waals surface area contributed by atoms with Crippen molar-refractivity contribution in [3.8, 4) is 5.75 Å². The normalized spacial score (nSPS) is 10.2. The molecule has 0 aliphatic heterocycles. The van der Waals surface area contributed by atoms with Gasteiger partial charge >= 0.3 is 12.0 Å². The van der Waals surface area contributed by atoms with E-state index in [9.17, 15) is 9.59 Å². The Morgan fingerprint density at radius 2 is 1.77 bits per heavy atom. The van der Waals surface area contributed by atoms with Gasteiger partial charge in [0.25, 0.3) is 0 Å². The number of aryl methyl sites for hydroxylation is 2. The van der Waals surface area contributed by atoms with E-state index in [0.717, 1.165) is 11.4 Å². The van der Waals surface area contributed by atoms with Crippen LogP contribution in [0.2, 0.25) is 0 Å². The van der Waals surface area contributed by atoms with Gasteiger partial charge in [-0.3, -0.25) is 0 Å². The summed E-state index contributed by atoms with van der Waals surface area (Å²) in [6.45, 7) is 4.17. The number of hydrogen-bond acceptors (Lipinski definition) is 6. The largest absolute Gasteiger partial charge is 0.495 e. The maximum Gasteiger partial charge on any atom is 0.337 e. The quantitative estimate of drug-likeness (QED) is 0.768. The number of rotatable bonds is 6. The molecule has 0 bridgehead atoms. The number of nitrogens with zero attached hydrogens (tertiary/aromatic N) is 2. The van der Waals surface area contributed by atoms with E-state index in [2.05, 4.69) is 25.3 Å². The molecule has 2 N–H and O–H groups in total. The van der Waals surface area contributed by atoms with Crippen molar-refractivity contribution < 1.29 is 19.1 Å². The average molecular weight is 358 g/mol. The Morgan fingerprint density at radius 3 is 2.38 bits per heavy atom. The van der Waals surface area contributed by atoms with Crippen molar-refractivity contribution in [1.29, 1.82) is 0 Å². The molecule has 1 aromatic carbocycles. The van der Waals surface area contributed by atoms with Crippen LogP contribution in [0, 0.1) is 13.8 Å². The maximum absolute atomic E-state index is 12.1. The number of esters is 1. The third-order valence-electron chi connectivity index (χ3n) is 3.53. The zero-order chi connectivity index (χ0) is 19.1. The SMILES string of the molecule is COC(=O)c1ccc(OC)c(NC(=O)NCCc2nc(C)cc(C)n2)c1. The van der Waals surface area contributed by atoms with Gasteiger partial charge in [-0.1, -0.05) is 0 Å². The molecular formula is C18H22N4O4. The molecule has 1 aromatic heterocycles. The zero-order valence-corrected chi connectivity index (χ0v) is 15.3. The van der Waals surface area contributed by atoms with Gasteiger partial charge in [-0.25, -0.2) is 19.6 Å². The van der Waals surface area contributed by atoms with E-state index < -0.39 is 12.0 Å². The highest BCUT2D eigenvalue weighted by atomic mass is 16.5. The number of carbonyl (C=O) groups is 2. The fourth-order valence-corrected chi connectivity index (χ4v) is 2.42. The fourth-order valence-electron chi connectivity index (χ4n) is 2.42. The molecule has 0 atom stereocenters. The Bertz CT molecular complexity index is 788. The number of amides is 2. The summed E-state index contributed by atoms with van der Waals surface area (Å²) in [7, 11) is 2.77. The van der Waals surface area contributed by atoms with Crippen LogP contribution in [0.25, 0.3) is 0 Å². The number of urea groups is 1. The summed E-state index contributed by atoms with van der Waals surface area (Å²) >= 11 is 0. The van der Waals surface area contributed by atoms with Crippen LogP contribution in [0.1, 0.15) is 27.6 Å². The summed E-state index contributed by atoms with van der Waals surface area (Å²) in [4.78, 5) is 32.4. The van der Waals surface area contributed by atoms with Crippen LogP contribution in [0.5, 0.6) is 5.75 Å². The monoisotopic (exact) mass is 358 g/mol. The number of anilines is 1. The second-order valence-corrected chi connectivity index (χ2v) is 5.60. The molecule has 138 valence electrons. The van der Waals surface area contributed by atoms with Crippen molar-refractivity contribution in [2.45, 2.75) is 20.3 Å². The molecule has 0 saturated carbocycles. The van der Waals surface area contributed by atoms with Gasteiger partial charge in [-0.15, -0.1) is 0 Å². The predicted octanol–water partition coefficient (Wildman–Crippen LogP) is 2.25. The predicted molar refractivity (Wildman–Crippen MR) is 96.6 cm³/mol. The number of benzene rings is 1. The van der Waals surface area contributed by atoms with Crippen molar-refractivity contribution >= 4 is 17.7 Å². The van der Waals surface area contributed by atoms with Gasteiger partial charge in [-0.05, 0) is 38.1 Å². The smallest absolute Gasteiger partial charge is 0.337 e. The lowest BCUT2D eigenvalue weighted by molar-refractivity contribution is 0.0600. The Labute approximate surface area is 151 Å². The summed E-state index contributed by atoms with van der Waals surface area (Å²) in [5.74, 6) is 0.613. The lowest BCUT2D eigenvalue weighted by atomic mass is 10.2. The molecule has 0 spiro atoms. The number of hydrogen-bond donors (Lipinski definition) is 2. The van der Waals surface area contributed by atoms with Crippen molar-refractivity contribution in [2.75, 3.05) is 26.1 Å². The third kappa shape index (κ3) is 5.17. The fraction of sp³-hybridized carbons (Fsp3) is 0.333. The first-order valence-electron chi connectivity index (χ1n) is 8.05. The van der Waals surface area contributed by atoms with E-state index in [1.807, 2.05) is 19.9 Å². The molecule has 8 nitrogen and oxygen atoms in total. The average Bonchev–Trinajstić information content (AvgIpc) is 2.60. The van der Waals surface area contributed by atoms with Crippen LogP contribution in [0.4, 0.5) is 10.5 Å². The van der Waals surface area contributed by atoms with Crippen molar-refractivity contribution in [3.63, 3.8) is 0 Å². The first-order valence-corrected chi connectivity index (χ1v) is 8.05. The van der Waals surface area contributed by atoms with Crippen LogP contribution < -0.4 is 15.4 Å². The summed E-state index contributed by atoms with van der Waals surface area (Å²) in [6.07, 6.45) is 0.509. The molecule has 2 amide bonds. The highest BCUT2D eigenvalue weighted by molar-refractivity contribution is 5.95. The van der Waals surface area contributed by atoms with Gasteiger partial charge in [-0.2, -0.15) is 0 Å². The number of aromatic nitrogens is 2. The van der Waals surface area contributed by atoms with Gasteiger partial charge in [0.2, 0.25) is 0 Å². The van der Waals surface area contributed by atoms with Gasteiger partial charge < -0.3 is 20.1 Å². The molecule has 0 fully saturated rings.